The molecule has 6 heteroatoms. The van der Waals surface area contributed by atoms with Gasteiger partial charge in [-0.1, -0.05) is 6.92 Å². The van der Waals surface area contributed by atoms with Crippen molar-refractivity contribution in [3.8, 4) is 0 Å². The second kappa shape index (κ2) is 5.50. The highest BCUT2D eigenvalue weighted by atomic mass is 32.1. The van der Waals surface area contributed by atoms with Gasteiger partial charge in [0.05, 0.1) is 16.3 Å². The van der Waals surface area contributed by atoms with E-state index in [-0.39, 0.29) is 0 Å². The Morgan fingerprint density at radius 1 is 1.32 bits per heavy atom. The molecule has 2 aromatic rings. The van der Waals surface area contributed by atoms with Crippen LogP contribution in [0.3, 0.4) is 0 Å². The Hall–Kier alpha value is -1.69. The van der Waals surface area contributed by atoms with E-state index in [1.807, 2.05) is 14.0 Å². The third-order valence-electron chi connectivity index (χ3n) is 4.63. The van der Waals surface area contributed by atoms with Crippen molar-refractivity contribution in [1.82, 2.24) is 15.1 Å². The number of aromatic nitrogens is 2. The molecule has 1 aliphatic rings. The molecule has 3 heterocycles. The quantitative estimate of drug-likeness (QED) is 0.658. The molecule has 0 bridgehead atoms. The molecular formula is C16H23N5S. The van der Waals surface area contributed by atoms with Crippen LogP contribution >= 0.6 is 11.3 Å². The maximum absolute atomic E-state index is 8.70. The molecule has 0 spiro atoms. The normalized spacial score (nSPS) is 21.6. The maximum atomic E-state index is 8.70. The summed E-state index contributed by atoms with van der Waals surface area (Å²) in [4.78, 5) is 4.10. The lowest BCUT2D eigenvalue weighted by Gasteiger charge is -2.24. The van der Waals surface area contributed by atoms with Gasteiger partial charge < -0.3 is 10.2 Å². The number of aryl methyl sites for hydroxylation is 2. The van der Waals surface area contributed by atoms with Crippen LogP contribution in [-0.2, 0) is 0 Å². The van der Waals surface area contributed by atoms with Gasteiger partial charge in [0, 0.05) is 25.0 Å². The Labute approximate surface area is 135 Å². The summed E-state index contributed by atoms with van der Waals surface area (Å²) in [7, 11) is 1.92. The molecule has 5 nitrogen and oxygen atoms in total. The summed E-state index contributed by atoms with van der Waals surface area (Å²) in [6, 6.07) is 0.423. The van der Waals surface area contributed by atoms with Crippen molar-refractivity contribution >= 4 is 33.1 Å². The van der Waals surface area contributed by atoms with Gasteiger partial charge in [0.2, 0.25) is 0 Å². The van der Waals surface area contributed by atoms with E-state index in [0.717, 1.165) is 45.0 Å². The SMILES string of the molecule is CNc1c(C(=N)N2C[C@@H](C)C[C@H]2C)sc2nnc(C)c(C)c12. The van der Waals surface area contributed by atoms with Crippen LogP contribution in [0.25, 0.3) is 10.2 Å². The van der Waals surface area contributed by atoms with E-state index in [4.69, 9.17) is 5.41 Å². The van der Waals surface area contributed by atoms with Crippen LogP contribution < -0.4 is 5.32 Å². The third-order valence-corrected chi connectivity index (χ3v) is 5.72. The van der Waals surface area contributed by atoms with E-state index in [0.29, 0.717) is 17.8 Å². The number of amidine groups is 1. The predicted molar refractivity (Wildman–Crippen MR) is 93.2 cm³/mol. The fourth-order valence-corrected chi connectivity index (χ4v) is 4.51. The van der Waals surface area contributed by atoms with Crippen LogP contribution in [-0.4, -0.2) is 40.6 Å². The highest BCUT2D eigenvalue weighted by molar-refractivity contribution is 7.21. The zero-order chi connectivity index (χ0) is 16.0. The number of nitrogens with zero attached hydrogens (tertiary/aromatic N) is 3. The molecule has 0 saturated carbocycles. The number of hydrogen-bond acceptors (Lipinski definition) is 5. The average Bonchev–Trinajstić information content (AvgIpc) is 3.02. The topological polar surface area (TPSA) is 64.9 Å². The van der Waals surface area contributed by atoms with Gasteiger partial charge in [-0.25, -0.2) is 0 Å². The molecular weight excluding hydrogens is 294 g/mol. The number of thiophene rings is 1. The van der Waals surface area contributed by atoms with Crippen molar-refractivity contribution in [2.45, 2.75) is 40.2 Å². The molecule has 0 aliphatic carbocycles. The summed E-state index contributed by atoms with van der Waals surface area (Å²) < 4.78 is 0. The fraction of sp³-hybridized carbons (Fsp3) is 0.562. The molecule has 1 aliphatic heterocycles. The lowest BCUT2D eigenvalue weighted by Crippen LogP contribution is -2.33. The van der Waals surface area contributed by atoms with E-state index in [1.54, 1.807) is 11.3 Å². The first-order valence-corrected chi connectivity index (χ1v) is 8.55. The highest BCUT2D eigenvalue weighted by Gasteiger charge is 2.31. The second-order valence-electron chi connectivity index (χ2n) is 6.34. The number of hydrogen-bond donors (Lipinski definition) is 2. The molecule has 0 aromatic carbocycles. The minimum atomic E-state index is 0.423. The van der Waals surface area contributed by atoms with Crippen LogP contribution in [0.1, 0.15) is 36.4 Å². The minimum absolute atomic E-state index is 0.423. The molecule has 1 fully saturated rings. The number of rotatable bonds is 2. The summed E-state index contributed by atoms with van der Waals surface area (Å²) in [6.07, 6.45) is 1.15. The lowest BCUT2D eigenvalue weighted by molar-refractivity contribution is 0.410. The molecule has 0 unspecified atom stereocenters. The van der Waals surface area contributed by atoms with Crippen molar-refractivity contribution in [3.63, 3.8) is 0 Å². The van der Waals surface area contributed by atoms with E-state index in [2.05, 4.69) is 41.2 Å². The van der Waals surface area contributed by atoms with Crippen LogP contribution in [0.2, 0.25) is 0 Å². The van der Waals surface area contributed by atoms with E-state index >= 15 is 0 Å². The van der Waals surface area contributed by atoms with E-state index in [9.17, 15) is 0 Å². The highest BCUT2D eigenvalue weighted by Crippen LogP contribution is 2.38. The van der Waals surface area contributed by atoms with Crippen molar-refractivity contribution < 1.29 is 0 Å². The Balaban J connectivity index is 2.11. The summed E-state index contributed by atoms with van der Waals surface area (Å²) in [5.74, 6) is 1.26. The predicted octanol–water partition coefficient (Wildman–Crippen LogP) is 3.41. The molecule has 0 radical (unpaired) electrons. The molecule has 0 amide bonds. The fourth-order valence-electron chi connectivity index (χ4n) is 3.36. The van der Waals surface area contributed by atoms with Crippen LogP contribution in [0.15, 0.2) is 0 Å². The van der Waals surface area contributed by atoms with Gasteiger partial charge in [0.25, 0.3) is 0 Å². The first-order valence-electron chi connectivity index (χ1n) is 7.73. The summed E-state index contributed by atoms with van der Waals surface area (Å²) in [6.45, 7) is 9.48. The van der Waals surface area contributed by atoms with Gasteiger partial charge in [0.1, 0.15) is 10.7 Å². The third kappa shape index (κ3) is 2.26. The average molecular weight is 317 g/mol. The van der Waals surface area contributed by atoms with Crippen molar-refractivity contribution in [2.24, 2.45) is 5.92 Å². The first kappa shape index (κ1) is 15.2. The second-order valence-corrected chi connectivity index (χ2v) is 7.34. The molecule has 2 atom stereocenters. The molecule has 2 N–H and O–H groups in total. The molecule has 3 rings (SSSR count). The van der Waals surface area contributed by atoms with Crippen molar-refractivity contribution in [1.29, 1.82) is 5.41 Å². The molecule has 2 aromatic heterocycles. The largest absolute Gasteiger partial charge is 0.386 e. The lowest BCUT2D eigenvalue weighted by atomic mass is 10.1. The van der Waals surface area contributed by atoms with Gasteiger partial charge in [-0.2, -0.15) is 5.10 Å². The monoisotopic (exact) mass is 317 g/mol. The minimum Gasteiger partial charge on any atom is -0.386 e. The molecule has 118 valence electrons. The number of nitrogens with one attached hydrogen (secondary N) is 2. The van der Waals surface area contributed by atoms with Gasteiger partial charge in [0.15, 0.2) is 0 Å². The number of likely N-dealkylation sites (tertiary alicyclic amines) is 1. The van der Waals surface area contributed by atoms with E-state index in [1.165, 1.54) is 0 Å². The standard InChI is InChI=1S/C16H23N5S/c1-8-6-9(2)21(7-8)15(17)14-13(18-5)12-10(3)11(4)19-20-16(12)22-14/h8-9,17-18H,6-7H2,1-5H3/t8-,9+/m0/s1. The summed E-state index contributed by atoms with van der Waals surface area (Å²) in [5, 5.41) is 21.7. The van der Waals surface area contributed by atoms with Crippen LogP contribution in [0.4, 0.5) is 5.69 Å². The van der Waals surface area contributed by atoms with Gasteiger partial charge in [-0.05, 0) is 38.7 Å². The molecule has 1 saturated heterocycles. The molecule has 22 heavy (non-hydrogen) atoms. The van der Waals surface area contributed by atoms with Gasteiger partial charge >= 0.3 is 0 Å². The van der Waals surface area contributed by atoms with Crippen molar-refractivity contribution in [2.75, 3.05) is 18.9 Å². The Morgan fingerprint density at radius 3 is 2.64 bits per heavy atom. The smallest absolute Gasteiger partial charge is 0.149 e. The Morgan fingerprint density at radius 2 is 2.05 bits per heavy atom. The van der Waals surface area contributed by atoms with Crippen molar-refractivity contribution in [3.05, 3.63) is 16.1 Å². The van der Waals surface area contributed by atoms with Gasteiger partial charge in [-0.3, -0.25) is 5.41 Å². The summed E-state index contributed by atoms with van der Waals surface area (Å²) >= 11 is 1.57. The first-order chi connectivity index (χ1) is 10.4. The van der Waals surface area contributed by atoms with Gasteiger partial charge in [-0.15, -0.1) is 16.4 Å². The Kier molecular flexibility index (Phi) is 3.80. The Bertz CT molecular complexity index is 736. The summed E-state index contributed by atoms with van der Waals surface area (Å²) in [5.41, 5.74) is 3.11. The number of fused-ring (bicyclic) bond motifs is 1. The van der Waals surface area contributed by atoms with E-state index < -0.39 is 0 Å². The van der Waals surface area contributed by atoms with Crippen LogP contribution in [0.5, 0.6) is 0 Å². The maximum Gasteiger partial charge on any atom is 0.149 e. The number of anilines is 1. The zero-order valence-electron chi connectivity index (χ0n) is 13.8. The zero-order valence-corrected chi connectivity index (χ0v) is 14.6. The van der Waals surface area contributed by atoms with Crippen LogP contribution in [0, 0.1) is 25.2 Å².